The molecule has 0 radical (unpaired) electrons. The molecule has 0 bridgehead atoms. The molecule has 1 atom stereocenters. The average molecular weight is 378 g/mol. The summed E-state index contributed by atoms with van der Waals surface area (Å²) in [4.78, 5) is 19.7. The van der Waals surface area contributed by atoms with Crippen molar-refractivity contribution in [2.45, 2.75) is 51.8 Å². The minimum absolute atomic E-state index is 0.0117. The van der Waals surface area contributed by atoms with Gasteiger partial charge in [-0.15, -0.1) is 0 Å². The number of rotatable bonds is 5. The van der Waals surface area contributed by atoms with Crippen molar-refractivity contribution in [1.82, 2.24) is 14.7 Å². The maximum atomic E-state index is 13.3. The molecule has 1 unspecified atom stereocenters. The fraction of sp³-hybridized carbons (Fsp3) is 0.667. The normalized spacial score (nSPS) is 21.4. The SMILES string of the molecule is CC(Oc1cccc(F)c1)C(=O)N1CCC(N2CCN(C(C)C)CC2)CC1. The number of hydrogen-bond donors (Lipinski definition) is 0. The number of nitrogens with zero attached hydrogens (tertiary/aromatic N) is 3. The van der Waals surface area contributed by atoms with Crippen LogP contribution in [0.3, 0.4) is 0 Å². The Kier molecular flexibility index (Phi) is 6.71. The molecule has 1 aromatic carbocycles. The Morgan fingerprint density at radius 2 is 1.74 bits per heavy atom. The first-order valence-electron chi connectivity index (χ1n) is 10.1. The number of hydrogen-bond acceptors (Lipinski definition) is 4. The molecule has 3 rings (SSSR count). The molecule has 6 heteroatoms. The van der Waals surface area contributed by atoms with Crippen LogP contribution in [0.2, 0.25) is 0 Å². The number of carbonyl (C=O) groups is 1. The molecule has 5 nitrogen and oxygen atoms in total. The molecule has 2 aliphatic heterocycles. The van der Waals surface area contributed by atoms with Crippen molar-refractivity contribution in [2.75, 3.05) is 39.3 Å². The number of piperidine rings is 1. The largest absolute Gasteiger partial charge is 0.481 e. The summed E-state index contributed by atoms with van der Waals surface area (Å²) in [6.45, 7) is 12.3. The van der Waals surface area contributed by atoms with Gasteiger partial charge in [0, 0.05) is 57.4 Å². The Labute approximate surface area is 162 Å². The van der Waals surface area contributed by atoms with Crippen molar-refractivity contribution in [2.24, 2.45) is 0 Å². The van der Waals surface area contributed by atoms with Crippen LogP contribution >= 0.6 is 0 Å². The van der Waals surface area contributed by atoms with Gasteiger partial charge in [0.1, 0.15) is 11.6 Å². The molecule has 0 aliphatic carbocycles. The predicted octanol–water partition coefficient (Wildman–Crippen LogP) is 2.61. The van der Waals surface area contributed by atoms with Gasteiger partial charge in [-0.05, 0) is 45.7 Å². The quantitative estimate of drug-likeness (QED) is 0.790. The highest BCUT2D eigenvalue weighted by atomic mass is 19.1. The third kappa shape index (κ3) is 5.20. The van der Waals surface area contributed by atoms with E-state index < -0.39 is 6.10 Å². The van der Waals surface area contributed by atoms with E-state index in [1.807, 2.05) is 4.90 Å². The maximum absolute atomic E-state index is 13.3. The van der Waals surface area contributed by atoms with E-state index in [1.165, 1.54) is 12.1 Å². The zero-order valence-corrected chi connectivity index (χ0v) is 16.7. The number of benzene rings is 1. The van der Waals surface area contributed by atoms with E-state index in [2.05, 4.69) is 23.6 Å². The molecular weight excluding hydrogens is 345 g/mol. The average Bonchev–Trinajstić information content (AvgIpc) is 2.67. The van der Waals surface area contributed by atoms with Crippen LogP contribution in [0.4, 0.5) is 4.39 Å². The van der Waals surface area contributed by atoms with Crippen LogP contribution in [0.25, 0.3) is 0 Å². The highest BCUT2D eigenvalue weighted by Crippen LogP contribution is 2.21. The maximum Gasteiger partial charge on any atom is 0.263 e. The lowest BCUT2D eigenvalue weighted by Gasteiger charge is -2.44. The lowest BCUT2D eigenvalue weighted by molar-refractivity contribution is -0.139. The fourth-order valence-corrected chi connectivity index (χ4v) is 4.12. The van der Waals surface area contributed by atoms with Gasteiger partial charge in [-0.25, -0.2) is 4.39 Å². The lowest BCUT2D eigenvalue weighted by atomic mass is 10.0. The summed E-state index contributed by atoms with van der Waals surface area (Å²) in [6.07, 6.45) is 1.43. The Bertz CT molecular complexity index is 624. The molecule has 1 amide bonds. The first-order chi connectivity index (χ1) is 12.9. The highest BCUT2D eigenvalue weighted by molar-refractivity contribution is 5.81. The number of piperazine rings is 1. The van der Waals surface area contributed by atoms with Crippen LogP contribution in [0.15, 0.2) is 24.3 Å². The molecule has 0 aromatic heterocycles. The monoisotopic (exact) mass is 377 g/mol. The minimum atomic E-state index is -0.599. The molecule has 2 aliphatic rings. The standard InChI is InChI=1S/C21H32FN3O2/c1-16(2)23-11-13-24(14-12-23)19-7-9-25(10-8-19)21(26)17(3)27-20-6-4-5-18(22)15-20/h4-6,15-17,19H,7-14H2,1-3H3. The number of amides is 1. The second kappa shape index (κ2) is 9.02. The van der Waals surface area contributed by atoms with Crippen molar-refractivity contribution < 1.29 is 13.9 Å². The van der Waals surface area contributed by atoms with E-state index in [-0.39, 0.29) is 11.7 Å². The van der Waals surface area contributed by atoms with E-state index in [0.717, 1.165) is 52.1 Å². The first-order valence-corrected chi connectivity index (χ1v) is 10.1. The molecular formula is C21H32FN3O2. The van der Waals surface area contributed by atoms with Gasteiger partial charge >= 0.3 is 0 Å². The van der Waals surface area contributed by atoms with Crippen molar-refractivity contribution in [3.63, 3.8) is 0 Å². The number of halogens is 1. The van der Waals surface area contributed by atoms with Gasteiger partial charge in [0.15, 0.2) is 6.10 Å². The minimum Gasteiger partial charge on any atom is -0.481 e. The molecule has 0 saturated carbocycles. The number of likely N-dealkylation sites (tertiary alicyclic amines) is 1. The fourth-order valence-electron chi connectivity index (χ4n) is 4.12. The number of carbonyl (C=O) groups excluding carboxylic acids is 1. The smallest absolute Gasteiger partial charge is 0.263 e. The molecule has 1 aromatic rings. The van der Waals surface area contributed by atoms with Gasteiger partial charge in [0.2, 0.25) is 0 Å². The predicted molar refractivity (Wildman–Crippen MR) is 104 cm³/mol. The molecule has 2 fully saturated rings. The third-order valence-corrected chi connectivity index (χ3v) is 5.83. The van der Waals surface area contributed by atoms with Crippen LogP contribution in [0.1, 0.15) is 33.6 Å². The van der Waals surface area contributed by atoms with Crippen molar-refractivity contribution in [3.8, 4) is 5.75 Å². The van der Waals surface area contributed by atoms with Gasteiger partial charge in [-0.2, -0.15) is 0 Å². The third-order valence-electron chi connectivity index (χ3n) is 5.83. The van der Waals surface area contributed by atoms with E-state index in [9.17, 15) is 9.18 Å². The zero-order valence-electron chi connectivity index (χ0n) is 16.7. The van der Waals surface area contributed by atoms with Crippen LogP contribution in [-0.4, -0.2) is 78.1 Å². The lowest BCUT2D eigenvalue weighted by Crippen LogP contribution is -2.55. The summed E-state index contributed by atoms with van der Waals surface area (Å²) in [6, 6.07) is 7.13. The Morgan fingerprint density at radius 1 is 1.07 bits per heavy atom. The summed E-state index contributed by atoms with van der Waals surface area (Å²) >= 11 is 0. The van der Waals surface area contributed by atoms with Crippen LogP contribution in [0, 0.1) is 5.82 Å². The topological polar surface area (TPSA) is 36.0 Å². The molecule has 0 N–H and O–H groups in total. The molecule has 2 heterocycles. The molecule has 2 saturated heterocycles. The van der Waals surface area contributed by atoms with Crippen LogP contribution in [-0.2, 0) is 4.79 Å². The summed E-state index contributed by atoms with van der Waals surface area (Å²) in [5.74, 6) is 0.0293. The summed E-state index contributed by atoms with van der Waals surface area (Å²) in [7, 11) is 0. The van der Waals surface area contributed by atoms with Crippen LogP contribution < -0.4 is 4.74 Å². The molecule has 150 valence electrons. The van der Waals surface area contributed by atoms with Crippen molar-refractivity contribution >= 4 is 5.91 Å². The highest BCUT2D eigenvalue weighted by Gasteiger charge is 2.31. The van der Waals surface area contributed by atoms with E-state index >= 15 is 0 Å². The first kappa shape index (κ1) is 20.1. The Balaban J connectivity index is 1.45. The van der Waals surface area contributed by atoms with Gasteiger partial charge in [0.25, 0.3) is 5.91 Å². The van der Waals surface area contributed by atoms with Crippen molar-refractivity contribution in [1.29, 1.82) is 0 Å². The number of ether oxygens (including phenoxy) is 1. The van der Waals surface area contributed by atoms with Gasteiger partial charge in [-0.1, -0.05) is 6.07 Å². The zero-order chi connectivity index (χ0) is 19.4. The second-order valence-corrected chi connectivity index (χ2v) is 7.94. The molecule has 27 heavy (non-hydrogen) atoms. The van der Waals surface area contributed by atoms with Crippen LogP contribution in [0.5, 0.6) is 5.75 Å². The van der Waals surface area contributed by atoms with Gasteiger partial charge in [0.05, 0.1) is 0 Å². The Hall–Kier alpha value is -1.66. The van der Waals surface area contributed by atoms with E-state index in [0.29, 0.717) is 17.8 Å². The van der Waals surface area contributed by atoms with Gasteiger partial charge in [-0.3, -0.25) is 14.6 Å². The summed E-state index contributed by atoms with van der Waals surface area (Å²) in [5.41, 5.74) is 0. The summed E-state index contributed by atoms with van der Waals surface area (Å²) < 4.78 is 18.9. The van der Waals surface area contributed by atoms with Crippen molar-refractivity contribution in [3.05, 3.63) is 30.1 Å². The second-order valence-electron chi connectivity index (χ2n) is 7.94. The molecule has 0 spiro atoms. The summed E-state index contributed by atoms with van der Waals surface area (Å²) in [5, 5.41) is 0. The van der Waals surface area contributed by atoms with E-state index in [1.54, 1.807) is 19.1 Å². The van der Waals surface area contributed by atoms with E-state index in [4.69, 9.17) is 4.74 Å². The van der Waals surface area contributed by atoms with Gasteiger partial charge < -0.3 is 9.64 Å². The Morgan fingerprint density at radius 3 is 2.33 bits per heavy atom.